The third-order valence-electron chi connectivity index (χ3n) is 5.25. The number of likely N-dealkylation sites (tertiary alicyclic amines) is 1. The van der Waals surface area contributed by atoms with E-state index in [0.29, 0.717) is 11.3 Å². The number of hydrogen-bond acceptors (Lipinski definition) is 3. The number of rotatable bonds is 6. The minimum atomic E-state index is -0.963. The highest BCUT2D eigenvalue weighted by Gasteiger charge is 2.34. The fraction of sp³-hybridized carbons (Fsp3) is 0.217. The Morgan fingerprint density at radius 1 is 1.10 bits per heavy atom. The van der Waals surface area contributed by atoms with E-state index in [2.05, 4.69) is 0 Å². The van der Waals surface area contributed by atoms with Gasteiger partial charge in [0, 0.05) is 30.6 Å². The monoisotopic (exact) mass is 393 g/mol. The average Bonchev–Trinajstić information content (AvgIpc) is 3.09. The van der Waals surface area contributed by atoms with Gasteiger partial charge in [0.25, 0.3) is 0 Å². The molecule has 148 valence electrons. The van der Waals surface area contributed by atoms with Crippen LogP contribution in [0.5, 0.6) is 5.75 Å². The van der Waals surface area contributed by atoms with Crippen LogP contribution in [-0.2, 0) is 22.7 Å². The molecule has 1 saturated heterocycles. The summed E-state index contributed by atoms with van der Waals surface area (Å²) >= 11 is 0. The first-order chi connectivity index (χ1) is 14.0. The number of aliphatic carboxylic acids is 1. The first-order valence-electron chi connectivity index (χ1n) is 9.40. The predicted molar refractivity (Wildman–Crippen MR) is 106 cm³/mol. The molecule has 3 aromatic carbocycles. The minimum absolute atomic E-state index is 0.00547. The van der Waals surface area contributed by atoms with Crippen molar-refractivity contribution in [1.82, 2.24) is 4.90 Å². The number of carbonyl (C=O) groups excluding carboxylic acids is 1. The first-order valence-corrected chi connectivity index (χ1v) is 9.40. The number of carbonyl (C=O) groups is 2. The number of nitrogens with zero attached hydrogens (tertiary/aromatic N) is 1. The normalized spacial score (nSPS) is 16.4. The molecular weight excluding hydrogens is 373 g/mol. The molecule has 4 rings (SSSR count). The lowest BCUT2D eigenvalue weighted by atomic mass is 10.0. The van der Waals surface area contributed by atoms with Gasteiger partial charge in [-0.3, -0.25) is 9.59 Å². The topological polar surface area (TPSA) is 66.8 Å². The number of benzene rings is 3. The van der Waals surface area contributed by atoms with Gasteiger partial charge in [-0.15, -0.1) is 0 Å². The summed E-state index contributed by atoms with van der Waals surface area (Å²) in [6.45, 7) is 0.477. The van der Waals surface area contributed by atoms with Crippen LogP contribution in [0.25, 0.3) is 10.8 Å². The second kappa shape index (κ2) is 7.91. The lowest BCUT2D eigenvalue weighted by Crippen LogP contribution is -2.26. The molecule has 1 amide bonds. The highest BCUT2D eigenvalue weighted by Crippen LogP contribution is 2.32. The van der Waals surface area contributed by atoms with Crippen molar-refractivity contribution in [2.45, 2.75) is 19.6 Å². The van der Waals surface area contributed by atoms with Crippen molar-refractivity contribution in [3.8, 4) is 5.75 Å². The molecule has 1 aliphatic heterocycles. The van der Waals surface area contributed by atoms with Crippen LogP contribution >= 0.6 is 0 Å². The lowest BCUT2D eigenvalue weighted by molar-refractivity contribution is -0.141. The molecule has 1 heterocycles. The summed E-state index contributed by atoms with van der Waals surface area (Å²) in [5.41, 5.74) is 1.23. The van der Waals surface area contributed by atoms with Crippen LogP contribution in [-0.4, -0.2) is 28.4 Å². The molecule has 1 atom stereocenters. The van der Waals surface area contributed by atoms with Crippen molar-refractivity contribution in [2.24, 2.45) is 5.92 Å². The van der Waals surface area contributed by atoms with Crippen LogP contribution in [0.3, 0.4) is 0 Å². The van der Waals surface area contributed by atoms with Crippen LogP contribution in [0.2, 0.25) is 0 Å². The number of hydrogen-bond donors (Lipinski definition) is 1. The minimum Gasteiger partial charge on any atom is -0.488 e. The molecule has 1 aliphatic rings. The highest BCUT2D eigenvalue weighted by atomic mass is 19.1. The van der Waals surface area contributed by atoms with Crippen molar-refractivity contribution in [3.63, 3.8) is 0 Å². The molecule has 0 aliphatic carbocycles. The zero-order chi connectivity index (χ0) is 20.4. The maximum atomic E-state index is 14.0. The third kappa shape index (κ3) is 3.92. The summed E-state index contributed by atoms with van der Waals surface area (Å²) in [6, 6.07) is 17.9. The molecule has 3 aromatic rings. The van der Waals surface area contributed by atoms with Gasteiger partial charge in [-0.05, 0) is 22.9 Å². The molecule has 0 spiro atoms. The maximum Gasteiger partial charge on any atom is 0.308 e. The fourth-order valence-corrected chi connectivity index (χ4v) is 3.67. The Bertz CT molecular complexity index is 1080. The predicted octanol–water partition coefficient (Wildman–Crippen LogP) is 3.99. The molecule has 0 saturated carbocycles. The Kier molecular flexibility index (Phi) is 5.16. The van der Waals surface area contributed by atoms with Crippen LogP contribution in [0.1, 0.15) is 17.5 Å². The van der Waals surface area contributed by atoms with Gasteiger partial charge in [0.05, 0.1) is 5.92 Å². The maximum absolute atomic E-state index is 14.0. The first kappa shape index (κ1) is 18.9. The Hall–Kier alpha value is -3.41. The van der Waals surface area contributed by atoms with E-state index in [0.717, 1.165) is 16.3 Å². The zero-order valence-corrected chi connectivity index (χ0v) is 15.7. The van der Waals surface area contributed by atoms with Crippen LogP contribution in [0.4, 0.5) is 4.39 Å². The second-order valence-electron chi connectivity index (χ2n) is 7.16. The quantitative estimate of drug-likeness (QED) is 0.688. The van der Waals surface area contributed by atoms with Gasteiger partial charge in [-0.2, -0.15) is 0 Å². The molecule has 1 fully saturated rings. The Morgan fingerprint density at radius 2 is 1.86 bits per heavy atom. The largest absolute Gasteiger partial charge is 0.488 e. The molecule has 1 N–H and O–H groups in total. The van der Waals surface area contributed by atoms with E-state index >= 15 is 0 Å². The standard InChI is InChI=1S/C23H20FNO4/c24-20-8-4-2-6-16(20)14-29-21-10-9-15-5-1-3-7-18(15)19(21)13-25-12-17(23(27)28)11-22(25)26/h1-10,17H,11-14H2,(H,27,28). The third-order valence-corrected chi connectivity index (χ3v) is 5.25. The van der Waals surface area contributed by atoms with Gasteiger partial charge in [0.2, 0.25) is 5.91 Å². The van der Waals surface area contributed by atoms with Gasteiger partial charge < -0.3 is 14.7 Å². The molecule has 0 radical (unpaired) electrons. The van der Waals surface area contributed by atoms with E-state index < -0.39 is 11.9 Å². The van der Waals surface area contributed by atoms with E-state index in [1.165, 1.54) is 6.07 Å². The van der Waals surface area contributed by atoms with Crippen molar-refractivity contribution < 1.29 is 23.8 Å². The van der Waals surface area contributed by atoms with Crippen LogP contribution in [0.15, 0.2) is 60.7 Å². The molecular formula is C23H20FNO4. The number of carboxylic acid groups (broad SMARTS) is 1. The van der Waals surface area contributed by atoms with Gasteiger partial charge in [0.1, 0.15) is 18.2 Å². The van der Waals surface area contributed by atoms with E-state index in [1.54, 1.807) is 23.1 Å². The van der Waals surface area contributed by atoms with Gasteiger partial charge >= 0.3 is 5.97 Å². The Balaban J connectivity index is 1.65. The fourth-order valence-electron chi connectivity index (χ4n) is 3.67. The van der Waals surface area contributed by atoms with Crippen molar-refractivity contribution in [2.75, 3.05) is 6.54 Å². The Morgan fingerprint density at radius 3 is 2.62 bits per heavy atom. The van der Waals surface area contributed by atoms with Crippen molar-refractivity contribution >= 4 is 22.6 Å². The van der Waals surface area contributed by atoms with Crippen LogP contribution in [0, 0.1) is 11.7 Å². The SMILES string of the molecule is O=C(O)C1CC(=O)N(Cc2c(OCc3ccccc3F)ccc3ccccc23)C1. The molecule has 0 aromatic heterocycles. The van der Waals surface area contributed by atoms with Crippen LogP contribution < -0.4 is 4.74 Å². The smallest absolute Gasteiger partial charge is 0.308 e. The van der Waals surface area contributed by atoms with E-state index in [-0.39, 0.29) is 37.8 Å². The summed E-state index contributed by atoms with van der Waals surface area (Å²) in [7, 11) is 0. The van der Waals surface area contributed by atoms with E-state index in [9.17, 15) is 19.1 Å². The van der Waals surface area contributed by atoms with E-state index in [4.69, 9.17) is 4.74 Å². The molecule has 6 heteroatoms. The van der Waals surface area contributed by atoms with Gasteiger partial charge in [-0.25, -0.2) is 4.39 Å². The number of halogens is 1. The summed E-state index contributed by atoms with van der Waals surface area (Å²) in [4.78, 5) is 25.2. The molecule has 5 nitrogen and oxygen atoms in total. The number of fused-ring (bicyclic) bond motifs is 1. The van der Waals surface area contributed by atoms with Crippen molar-refractivity contribution in [1.29, 1.82) is 0 Å². The Labute approximate surface area is 167 Å². The van der Waals surface area contributed by atoms with Gasteiger partial charge in [-0.1, -0.05) is 48.5 Å². The molecule has 29 heavy (non-hydrogen) atoms. The lowest BCUT2D eigenvalue weighted by Gasteiger charge is -2.20. The number of carboxylic acids is 1. The molecule has 0 bridgehead atoms. The summed E-state index contributed by atoms with van der Waals surface area (Å²) < 4.78 is 19.9. The van der Waals surface area contributed by atoms with E-state index in [1.807, 2.05) is 36.4 Å². The summed E-state index contributed by atoms with van der Waals surface area (Å²) in [5.74, 6) is -1.63. The van der Waals surface area contributed by atoms with Gasteiger partial charge in [0.15, 0.2) is 0 Å². The number of ether oxygens (including phenoxy) is 1. The van der Waals surface area contributed by atoms with Crippen molar-refractivity contribution in [3.05, 3.63) is 77.6 Å². The summed E-state index contributed by atoms with van der Waals surface area (Å²) in [5, 5.41) is 11.1. The second-order valence-corrected chi connectivity index (χ2v) is 7.16. The zero-order valence-electron chi connectivity index (χ0n) is 15.7. The average molecular weight is 393 g/mol. The highest BCUT2D eigenvalue weighted by molar-refractivity contribution is 5.89. The molecule has 1 unspecified atom stereocenters. The summed E-state index contributed by atoms with van der Waals surface area (Å²) in [6.07, 6.45) is 0.00547. The number of amides is 1.